The second kappa shape index (κ2) is 4.73. The minimum Gasteiger partial charge on any atom is -0.426 e. The van der Waals surface area contributed by atoms with Crippen LogP contribution in [0.1, 0.15) is 13.8 Å². The minimum absolute atomic E-state index is 0.412. The van der Waals surface area contributed by atoms with E-state index < -0.39 is 8.32 Å². The third-order valence-electron chi connectivity index (χ3n) is 2.39. The average Bonchev–Trinajstić information content (AvgIpc) is 2.18. The molecule has 3 N–H and O–H groups in total. The van der Waals surface area contributed by atoms with Gasteiger partial charge in [-0.1, -0.05) is 44.2 Å². The van der Waals surface area contributed by atoms with E-state index in [2.05, 4.69) is 13.8 Å². The van der Waals surface area contributed by atoms with E-state index in [1.165, 1.54) is 0 Å². The number of benzene rings is 1. The molecule has 0 aliphatic rings. The fraction of sp³-hybridized carbons (Fsp3) is 0.455. The second-order valence-electron chi connectivity index (χ2n) is 4.20. The molecule has 0 fully saturated rings. The van der Waals surface area contributed by atoms with Gasteiger partial charge in [-0.3, -0.25) is 0 Å². The van der Waals surface area contributed by atoms with Crippen LogP contribution < -0.4 is 10.9 Å². The zero-order chi connectivity index (χ0) is 10.6. The maximum absolute atomic E-state index is 10.5. The van der Waals surface area contributed by atoms with E-state index in [1.54, 1.807) is 0 Å². The fourth-order valence-corrected chi connectivity index (χ4v) is 4.54. The van der Waals surface area contributed by atoms with Gasteiger partial charge >= 0.3 is 0 Å². The van der Waals surface area contributed by atoms with Crippen molar-refractivity contribution in [2.45, 2.75) is 19.9 Å². The first-order valence-electron chi connectivity index (χ1n) is 5.06. The van der Waals surface area contributed by atoms with Crippen LogP contribution >= 0.6 is 0 Å². The quantitative estimate of drug-likeness (QED) is 0.726. The fourth-order valence-electron chi connectivity index (χ4n) is 1.74. The van der Waals surface area contributed by atoms with Gasteiger partial charge in [0, 0.05) is 6.17 Å². The highest BCUT2D eigenvalue weighted by Gasteiger charge is 2.32. The van der Waals surface area contributed by atoms with Gasteiger partial charge in [-0.05, 0) is 17.1 Å². The van der Waals surface area contributed by atoms with Crippen molar-refractivity contribution in [1.29, 1.82) is 0 Å². The van der Waals surface area contributed by atoms with Gasteiger partial charge < -0.3 is 10.5 Å². The Balaban J connectivity index is 2.90. The van der Waals surface area contributed by atoms with Crippen molar-refractivity contribution in [1.82, 2.24) is 0 Å². The van der Waals surface area contributed by atoms with Crippen molar-refractivity contribution in [3.63, 3.8) is 0 Å². The predicted octanol–water partition coefficient (Wildman–Crippen LogP) is 0.985. The van der Waals surface area contributed by atoms with E-state index >= 15 is 0 Å². The van der Waals surface area contributed by atoms with Crippen LogP contribution in [0.3, 0.4) is 0 Å². The Bertz CT molecular complexity index is 276. The SMILES string of the molecule is CC(C)C[Si](O)(CN)c1ccccc1. The summed E-state index contributed by atoms with van der Waals surface area (Å²) in [5, 5.41) is 1.05. The zero-order valence-corrected chi connectivity index (χ0v) is 9.90. The van der Waals surface area contributed by atoms with Crippen molar-refractivity contribution in [3.8, 4) is 0 Å². The first-order valence-corrected chi connectivity index (χ1v) is 7.42. The molecule has 0 aliphatic heterocycles. The van der Waals surface area contributed by atoms with Crippen LogP contribution in [-0.4, -0.2) is 19.3 Å². The molecule has 0 saturated heterocycles. The second-order valence-corrected chi connectivity index (χ2v) is 7.66. The van der Waals surface area contributed by atoms with Gasteiger partial charge in [-0.15, -0.1) is 0 Å². The highest BCUT2D eigenvalue weighted by Crippen LogP contribution is 2.12. The topological polar surface area (TPSA) is 46.2 Å². The van der Waals surface area contributed by atoms with Crippen LogP contribution in [0.5, 0.6) is 0 Å². The van der Waals surface area contributed by atoms with Gasteiger partial charge in [0.15, 0.2) is 0 Å². The summed E-state index contributed by atoms with van der Waals surface area (Å²) >= 11 is 0. The van der Waals surface area contributed by atoms with Crippen LogP contribution in [0, 0.1) is 5.92 Å². The Morgan fingerprint density at radius 1 is 1.29 bits per heavy atom. The Hall–Kier alpha value is -0.643. The van der Waals surface area contributed by atoms with Crippen LogP contribution in [0.2, 0.25) is 6.04 Å². The predicted molar refractivity (Wildman–Crippen MR) is 62.7 cm³/mol. The highest BCUT2D eigenvalue weighted by atomic mass is 28.4. The molecule has 0 saturated carbocycles. The van der Waals surface area contributed by atoms with E-state index in [9.17, 15) is 4.80 Å². The average molecular weight is 209 g/mol. The monoisotopic (exact) mass is 209 g/mol. The third kappa shape index (κ3) is 2.67. The molecule has 0 aliphatic carbocycles. The summed E-state index contributed by atoms with van der Waals surface area (Å²) in [6.07, 6.45) is 0.412. The molecule has 1 unspecified atom stereocenters. The van der Waals surface area contributed by atoms with Gasteiger partial charge in [0.05, 0.1) is 0 Å². The molecular formula is C11H19NOSi. The molecule has 0 heterocycles. The van der Waals surface area contributed by atoms with Gasteiger partial charge in [0.25, 0.3) is 0 Å². The molecular weight excluding hydrogens is 190 g/mol. The largest absolute Gasteiger partial charge is 0.426 e. The molecule has 1 aromatic rings. The summed E-state index contributed by atoms with van der Waals surface area (Å²) in [4.78, 5) is 10.5. The maximum Gasteiger partial charge on any atom is 0.233 e. The molecule has 1 aromatic carbocycles. The van der Waals surface area contributed by atoms with Crippen LogP contribution in [0.25, 0.3) is 0 Å². The van der Waals surface area contributed by atoms with Gasteiger partial charge in [0.2, 0.25) is 8.32 Å². The first-order chi connectivity index (χ1) is 6.58. The van der Waals surface area contributed by atoms with E-state index in [1.807, 2.05) is 30.3 Å². The molecule has 14 heavy (non-hydrogen) atoms. The van der Waals surface area contributed by atoms with E-state index in [0.717, 1.165) is 11.2 Å². The van der Waals surface area contributed by atoms with Gasteiger partial charge in [-0.25, -0.2) is 0 Å². The number of hydrogen-bond acceptors (Lipinski definition) is 2. The minimum atomic E-state index is -2.38. The lowest BCUT2D eigenvalue weighted by atomic mass is 10.3. The summed E-state index contributed by atoms with van der Waals surface area (Å²) in [5.74, 6) is 0.496. The van der Waals surface area contributed by atoms with E-state index in [0.29, 0.717) is 12.1 Å². The third-order valence-corrected chi connectivity index (χ3v) is 5.97. The molecule has 0 amide bonds. The molecule has 0 bridgehead atoms. The van der Waals surface area contributed by atoms with Crippen LogP contribution in [0.15, 0.2) is 30.3 Å². The van der Waals surface area contributed by atoms with E-state index in [4.69, 9.17) is 5.73 Å². The van der Waals surface area contributed by atoms with Crippen molar-refractivity contribution in [3.05, 3.63) is 30.3 Å². The highest BCUT2D eigenvalue weighted by molar-refractivity contribution is 6.85. The maximum atomic E-state index is 10.5. The normalized spacial score (nSPS) is 15.5. The summed E-state index contributed by atoms with van der Waals surface area (Å²) < 4.78 is 0. The molecule has 0 aromatic heterocycles. The number of hydrogen-bond donors (Lipinski definition) is 2. The lowest BCUT2D eigenvalue weighted by molar-refractivity contribution is 0.525. The molecule has 1 atom stereocenters. The van der Waals surface area contributed by atoms with Crippen molar-refractivity contribution in [2.75, 3.05) is 6.17 Å². The van der Waals surface area contributed by atoms with Crippen molar-refractivity contribution in [2.24, 2.45) is 11.7 Å². The Morgan fingerprint density at radius 2 is 1.86 bits per heavy atom. The lowest BCUT2D eigenvalue weighted by Gasteiger charge is -2.25. The summed E-state index contributed by atoms with van der Waals surface area (Å²) in [5.41, 5.74) is 5.70. The Labute approximate surface area is 86.9 Å². The van der Waals surface area contributed by atoms with Crippen LogP contribution in [-0.2, 0) is 0 Å². The van der Waals surface area contributed by atoms with E-state index in [-0.39, 0.29) is 0 Å². The molecule has 78 valence electrons. The summed E-state index contributed by atoms with van der Waals surface area (Å²) in [6.45, 7) is 4.24. The molecule has 3 heteroatoms. The first kappa shape index (κ1) is 11.4. The molecule has 0 spiro atoms. The number of rotatable bonds is 4. The van der Waals surface area contributed by atoms with Gasteiger partial charge in [-0.2, -0.15) is 0 Å². The standard InChI is InChI=1S/C11H19NOSi/c1-10(2)8-14(13,9-12)11-6-4-3-5-7-11/h3-7,10,13H,8-9,12H2,1-2H3. The Morgan fingerprint density at radius 3 is 2.29 bits per heavy atom. The molecule has 1 rings (SSSR count). The molecule has 2 nitrogen and oxygen atoms in total. The zero-order valence-electron chi connectivity index (χ0n) is 8.90. The van der Waals surface area contributed by atoms with Crippen LogP contribution in [0.4, 0.5) is 0 Å². The summed E-state index contributed by atoms with van der Waals surface area (Å²) in [7, 11) is -2.38. The van der Waals surface area contributed by atoms with Gasteiger partial charge in [0.1, 0.15) is 0 Å². The summed E-state index contributed by atoms with van der Waals surface area (Å²) in [6, 6.07) is 10.7. The van der Waals surface area contributed by atoms with Crippen molar-refractivity contribution >= 4 is 13.5 Å². The Kier molecular flexibility index (Phi) is 3.86. The lowest BCUT2D eigenvalue weighted by Crippen LogP contribution is -2.55. The van der Waals surface area contributed by atoms with Crippen molar-refractivity contribution < 1.29 is 4.80 Å². The molecule has 0 radical (unpaired) electrons. The smallest absolute Gasteiger partial charge is 0.233 e. The number of nitrogens with two attached hydrogens (primary N) is 1.